The molecule has 1 saturated heterocycles. The second kappa shape index (κ2) is 6.76. The number of hydrogen-bond donors (Lipinski definition) is 1. The van der Waals surface area contributed by atoms with E-state index in [-0.39, 0.29) is 11.3 Å². The van der Waals surface area contributed by atoms with Crippen molar-refractivity contribution in [1.82, 2.24) is 23.9 Å². The summed E-state index contributed by atoms with van der Waals surface area (Å²) in [6.45, 7) is 3.96. The van der Waals surface area contributed by atoms with Crippen LogP contribution in [0.5, 0.6) is 0 Å². The minimum atomic E-state index is -3.48. The summed E-state index contributed by atoms with van der Waals surface area (Å²) in [6.07, 6.45) is 8.33. The van der Waals surface area contributed by atoms with Gasteiger partial charge in [-0.25, -0.2) is 22.4 Å². The van der Waals surface area contributed by atoms with Crippen molar-refractivity contribution in [3.63, 3.8) is 0 Å². The van der Waals surface area contributed by atoms with E-state index in [0.717, 1.165) is 27.7 Å². The number of aromatic amines is 1. The van der Waals surface area contributed by atoms with Crippen LogP contribution >= 0.6 is 0 Å². The van der Waals surface area contributed by atoms with Crippen LogP contribution in [-0.2, 0) is 14.8 Å². The highest BCUT2D eigenvalue weighted by Crippen LogP contribution is 2.36. The van der Waals surface area contributed by atoms with Crippen molar-refractivity contribution in [3.8, 4) is 11.4 Å². The zero-order chi connectivity index (χ0) is 21.2. The molecule has 2 fully saturated rings. The molecule has 1 N–H and O–H groups in total. The molecule has 5 heterocycles. The van der Waals surface area contributed by atoms with Gasteiger partial charge in [0.1, 0.15) is 5.82 Å². The van der Waals surface area contributed by atoms with Crippen LogP contribution in [0.25, 0.3) is 33.3 Å². The fraction of sp³-hybridized carbons (Fsp3) is 0.381. The molecule has 1 aliphatic heterocycles. The minimum Gasteiger partial charge on any atom is -0.377 e. The van der Waals surface area contributed by atoms with E-state index in [1.54, 1.807) is 18.6 Å². The van der Waals surface area contributed by atoms with Crippen LogP contribution in [0, 0.1) is 0 Å². The number of nitrogens with zero attached hydrogens (tertiary/aromatic N) is 5. The van der Waals surface area contributed by atoms with Crippen molar-refractivity contribution >= 4 is 37.8 Å². The smallest absolute Gasteiger partial charge is 0.243 e. The first-order valence-electron chi connectivity index (χ1n) is 10.4. The Morgan fingerprint density at radius 3 is 2.84 bits per heavy atom. The van der Waals surface area contributed by atoms with E-state index in [1.807, 2.05) is 18.3 Å². The number of rotatable bonds is 4. The Hall–Kier alpha value is -2.98. The van der Waals surface area contributed by atoms with Crippen LogP contribution in [-0.4, -0.2) is 63.4 Å². The molecule has 1 saturated carbocycles. The van der Waals surface area contributed by atoms with Gasteiger partial charge in [0.25, 0.3) is 0 Å². The zero-order valence-corrected chi connectivity index (χ0v) is 17.8. The van der Waals surface area contributed by atoms with Gasteiger partial charge in [0.05, 0.1) is 41.6 Å². The predicted octanol–water partition coefficient (Wildman–Crippen LogP) is 2.54. The van der Waals surface area contributed by atoms with Crippen molar-refractivity contribution in [1.29, 1.82) is 0 Å². The molecule has 0 aromatic carbocycles. The van der Waals surface area contributed by atoms with Crippen LogP contribution in [0.3, 0.4) is 0 Å². The van der Waals surface area contributed by atoms with Crippen molar-refractivity contribution in [2.45, 2.75) is 31.1 Å². The van der Waals surface area contributed by atoms with Gasteiger partial charge in [-0.3, -0.25) is 4.98 Å². The molecule has 31 heavy (non-hydrogen) atoms. The van der Waals surface area contributed by atoms with Gasteiger partial charge in [-0.2, -0.15) is 0 Å². The predicted molar refractivity (Wildman–Crippen MR) is 118 cm³/mol. The van der Waals surface area contributed by atoms with Crippen LogP contribution in [0.2, 0.25) is 0 Å². The van der Waals surface area contributed by atoms with E-state index in [1.165, 1.54) is 3.97 Å². The summed E-state index contributed by atoms with van der Waals surface area (Å²) in [5.74, 6) is 1.19. The standard InChI is InChI=1S/C21H22N6O3S/c1-13-12-30-9-8-26(13)20-16-5-7-27(31(28,29)14-2-3-14)21(16)25-19(24-20)17-10-22-11-18-15(17)4-6-23-18/h4-7,10-11,13-14,23H,2-3,8-9,12H2,1H3/t13-/m1/s1. The number of fused-ring (bicyclic) bond motifs is 2. The number of H-pyrrole nitrogens is 1. The normalized spacial score (nSPS) is 20.0. The number of morpholine rings is 1. The lowest BCUT2D eigenvalue weighted by Gasteiger charge is -2.34. The topological polar surface area (TPSA) is 106 Å². The Bertz CT molecular complexity index is 1410. The van der Waals surface area contributed by atoms with E-state index in [0.29, 0.717) is 44.1 Å². The van der Waals surface area contributed by atoms with Gasteiger partial charge >= 0.3 is 0 Å². The minimum absolute atomic E-state index is 0.115. The van der Waals surface area contributed by atoms with Gasteiger partial charge in [0.15, 0.2) is 11.5 Å². The summed E-state index contributed by atoms with van der Waals surface area (Å²) < 4.78 is 33.1. The summed E-state index contributed by atoms with van der Waals surface area (Å²) in [5, 5.41) is 1.34. The first-order chi connectivity index (χ1) is 15.0. The maximum Gasteiger partial charge on any atom is 0.243 e. The maximum atomic E-state index is 13.1. The van der Waals surface area contributed by atoms with E-state index < -0.39 is 10.0 Å². The molecule has 4 aromatic heterocycles. The third-order valence-corrected chi connectivity index (χ3v) is 8.22. The molecular formula is C21H22N6O3S. The summed E-state index contributed by atoms with van der Waals surface area (Å²) in [7, 11) is -3.48. The highest BCUT2D eigenvalue weighted by molar-refractivity contribution is 7.91. The van der Waals surface area contributed by atoms with E-state index in [4.69, 9.17) is 14.7 Å². The molecule has 4 aromatic rings. The number of pyridine rings is 1. The lowest BCUT2D eigenvalue weighted by Crippen LogP contribution is -2.44. The average molecular weight is 439 g/mol. The molecular weight excluding hydrogens is 416 g/mol. The summed E-state index contributed by atoms with van der Waals surface area (Å²) in [5.41, 5.74) is 2.06. The first-order valence-corrected chi connectivity index (χ1v) is 11.9. The molecule has 6 rings (SSSR count). The number of anilines is 1. The van der Waals surface area contributed by atoms with Crippen molar-refractivity contribution in [2.24, 2.45) is 0 Å². The quantitative estimate of drug-likeness (QED) is 0.522. The fourth-order valence-corrected chi connectivity index (χ4v) is 5.91. The maximum absolute atomic E-state index is 13.1. The third-order valence-electron chi connectivity index (χ3n) is 6.07. The lowest BCUT2D eigenvalue weighted by atomic mass is 10.1. The molecule has 9 nitrogen and oxygen atoms in total. The fourth-order valence-electron chi connectivity index (χ4n) is 4.25. The molecule has 0 bridgehead atoms. The molecule has 0 radical (unpaired) electrons. The van der Waals surface area contributed by atoms with Gasteiger partial charge < -0.3 is 14.6 Å². The molecule has 0 unspecified atom stereocenters. The lowest BCUT2D eigenvalue weighted by molar-refractivity contribution is 0.0987. The zero-order valence-electron chi connectivity index (χ0n) is 17.0. The van der Waals surface area contributed by atoms with Crippen molar-refractivity contribution in [2.75, 3.05) is 24.7 Å². The summed E-state index contributed by atoms with van der Waals surface area (Å²) in [6, 6.07) is 3.88. The van der Waals surface area contributed by atoms with Crippen molar-refractivity contribution in [3.05, 3.63) is 36.9 Å². The molecule has 1 atom stereocenters. The molecule has 0 spiro atoms. The van der Waals surface area contributed by atoms with Gasteiger partial charge in [0, 0.05) is 36.1 Å². The molecule has 2 aliphatic rings. The van der Waals surface area contributed by atoms with Crippen LogP contribution in [0.15, 0.2) is 36.9 Å². The van der Waals surface area contributed by atoms with E-state index in [9.17, 15) is 8.42 Å². The average Bonchev–Trinajstić information content (AvgIpc) is 3.37. The second-order valence-corrected chi connectivity index (χ2v) is 10.3. The van der Waals surface area contributed by atoms with Gasteiger partial charge in [-0.05, 0) is 31.9 Å². The Morgan fingerprint density at radius 1 is 1.16 bits per heavy atom. The monoisotopic (exact) mass is 438 g/mol. The van der Waals surface area contributed by atoms with Crippen LogP contribution in [0.4, 0.5) is 5.82 Å². The summed E-state index contributed by atoms with van der Waals surface area (Å²) >= 11 is 0. The number of aromatic nitrogens is 5. The van der Waals surface area contributed by atoms with Gasteiger partial charge in [-0.15, -0.1) is 0 Å². The van der Waals surface area contributed by atoms with E-state index >= 15 is 0 Å². The van der Waals surface area contributed by atoms with Gasteiger partial charge in [0.2, 0.25) is 10.0 Å². The molecule has 160 valence electrons. The Balaban J connectivity index is 1.63. The van der Waals surface area contributed by atoms with Gasteiger partial charge in [-0.1, -0.05) is 0 Å². The largest absolute Gasteiger partial charge is 0.377 e. The van der Waals surface area contributed by atoms with Crippen LogP contribution < -0.4 is 4.90 Å². The molecule has 1 aliphatic carbocycles. The highest BCUT2D eigenvalue weighted by Gasteiger charge is 2.38. The van der Waals surface area contributed by atoms with E-state index in [2.05, 4.69) is 21.8 Å². The Labute approximate surface area is 179 Å². The highest BCUT2D eigenvalue weighted by atomic mass is 32.2. The van der Waals surface area contributed by atoms with Crippen LogP contribution in [0.1, 0.15) is 19.8 Å². The second-order valence-electron chi connectivity index (χ2n) is 8.21. The summed E-state index contributed by atoms with van der Waals surface area (Å²) in [4.78, 5) is 19.3. The third kappa shape index (κ3) is 2.93. The first kappa shape index (κ1) is 18.8. The number of ether oxygens (including phenoxy) is 1. The molecule has 10 heteroatoms. The SMILES string of the molecule is C[C@@H]1COCCN1c1nc(-c2cncc3[nH]ccc23)nc2c1ccn2S(=O)(=O)C1CC1. The number of nitrogens with one attached hydrogen (secondary N) is 1. The number of hydrogen-bond acceptors (Lipinski definition) is 7. The van der Waals surface area contributed by atoms with Crippen molar-refractivity contribution < 1.29 is 13.2 Å². The Morgan fingerprint density at radius 2 is 2.03 bits per heavy atom. The Kier molecular flexibility index (Phi) is 4.09. The molecule has 0 amide bonds.